The van der Waals surface area contributed by atoms with Crippen molar-refractivity contribution in [1.82, 2.24) is 24.9 Å². The molecule has 0 saturated carbocycles. The van der Waals surface area contributed by atoms with Crippen LogP contribution < -0.4 is 5.32 Å². The Morgan fingerprint density at radius 2 is 1.70 bits per heavy atom. The molecule has 3 rings (SSSR count). The number of aromatic nitrogens is 4. The largest absolute Gasteiger partial charge is 0.459 e. The first-order valence-corrected chi connectivity index (χ1v) is 9.13. The minimum Gasteiger partial charge on any atom is -0.355 e. The van der Waals surface area contributed by atoms with Gasteiger partial charge in [-0.3, -0.25) is 4.79 Å². The summed E-state index contributed by atoms with van der Waals surface area (Å²) in [7, 11) is 2.12. The van der Waals surface area contributed by atoms with Crippen LogP contribution in [0.3, 0.4) is 0 Å². The molecule has 0 saturated heterocycles. The van der Waals surface area contributed by atoms with E-state index in [9.17, 15) is 39.9 Å². The molecule has 0 fully saturated rings. The smallest absolute Gasteiger partial charge is 0.355 e. The van der Waals surface area contributed by atoms with Crippen molar-refractivity contribution in [3.05, 3.63) is 52.4 Å². The molecular formula is C18H12ClF8N5O. The van der Waals surface area contributed by atoms with Crippen LogP contribution in [0.4, 0.5) is 35.1 Å². The lowest BCUT2D eigenvalue weighted by Crippen LogP contribution is -2.36. The summed E-state index contributed by atoms with van der Waals surface area (Å²) in [5, 5.41) is 8.93. The molecule has 1 aromatic carbocycles. The van der Waals surface area contributed by atoms with Gasteiger partial charge in [-0.2, -0.15) is 45.3 Å². The van der Waals surface area contributed by atoms with Crippen LogP contribution in [0.15, 0.2) is 30.6 Å². The van der Waals surface area contributed by atoms with Gasteiger partial charge in [-0.05, 0) is 17.7 Å². The monoisotopic (exact) mass is 501 g/mol. The summed E-state index contributed by atoms with van der Waals surface area (Å²) in [6.07, 6.45) is -9.94. The molecule has 0 aliphatic carbocycles. The number of carbonyl (C=O) groups is 1. The average Bonchev–Trinajstić information content (AvgIpc) is 3.31. The maximum Gasteiger partial charge on any atom is 0.459 e. The van der Waals surface area contributed by atoms with Crippen molar-refractivity contribution in [2.24, 2.45) is 7.05 Å². The van der Waals surface area contributed by atoms with E-state index in [-0.39, 0.29) is 26.4 Å². The van der Waals surface area contributed by atoms with E-state index in [0.717, 1.165) is 19.4 Å². The van der Waals surface area contributed by atoms with Crippen molar-refractivity contribution in [2.45, 2.75) is 18.3 Å². The molecule has 2 heterocycles. The molecule has 33 heavy (non-hydrogen) atoms. The van der Waals surface area contributed by atoms with Gasteiger partial charge in [0, 0.05) is 25.9 Å². The van der Waals surface area contributed by atoms with Crippen LogP contribution in [-0.4, -0.2) is 38.7 Å². The molecule has 1 amide bonds. The quantitative estimate of drug-likeness (QED) is 0.514. The molecule has 0 atom stereocenters. The van der Waals surface area contributed by atoms with Crippen LogP contribution in [0.2, 0.25) is 5.02 Å². The van der Waals surface area contributed by atoms with Crippen LogP contribution in [0, 0.1) is 0 Å². The SMILES string of the molecule is CNC(=O)c1cc(-c2cnn(-c3c(C(F)(F)F)c(C(F)(F)C(F)(F)F)nn3C)c2)ccc1Cl. The molecule has 0 spiro atoms. The third kappa shape index (κ3) is 4.26. The Balaban J connectivity index is 2.18. The Morgan fingerprint density at radius 3 is 2.24 bits per heavy atom. The number of rotatable bonds is 4. The average molecular weight is 502 g/mol. The van der Waals surface area contributed by atoms with E-state index in [1.165, 1.54) is 25.2 Å². The van der Waals surface area contributed by atoms with Gasteiger partial charge in [-0.1, -0.05) is 17.7 Å². The summed E-state index contributed by atoms with van der Waals surface area (Å²) in [4.78, 5) is 11.9. The second kappa shape index (κ2) is 8.01. The van der Waals surface area contributed by atoms with Gasteiger partial charge in [0.1, 0.15) is 5.56 Å². The van der Waals surface area contributed by atoms with Gasteiger partial charge in [0.05, 0.1) is 16.8 Å². The van der Waals surface area contributed by atoms with Crippen molar-refractivity contribution in [1.29, 1.82) is 0 Å². The van der Waals surface area contributed by atoms with Gasteiger partial charge in [-0.25, -0.2) is 9.36 Å². The van der Waals surface area contributed by atoms with Crippen molar-refractivity contribution in [3.8, 4) is 16.9 Å². The standard InChI is InChI=1S/C18H12ClF8N5O/c1-28-14(33)10-5-8(3-4-11(10)19)9-6-29-32(7-9)15-12(17(22,23)24)13(30-31(15)2)16(20,21)18(25,26)27/h3-7H,1-2H3,(H,28,33). The number of hydrogen-bond acceptors (Lipinski definition) is 3. The number of aryl methyl sites for hydroxylation is 1. The molecule has 3 aromatic rings. The van der Waals surface area contributed by atoms with Crippen LogP contribution in [0.25, 0.3) is 16.9 Å². The van der Waals surface area contributed by atoms with E-state index in [4.69, 9.17) is 11.6 Å². The fourth-order valence-electron chi connectivity index (χ4n) is 2.99. The fraction of sp³-hybridized carbons (Fsp3) is 0.278. The third-order valence-corrected chi connectivity index (χ3v) is 4.85. The van der Waals surface area contributed by atoms with Crippen molar-refractivity contribution in [2.75, 3.05) is 7.05 Å². The van der Waals surface area contributed by atoms with Crippen molar-refractivity contribution < 1.29 is 39.9 Å². The molecule has 178 valence electrons. The second-order valence-electron chi connectivity index (χ2n) is 6.69. The Bertz CT molecular complexity index is 1210. The van der Waals surface area contributed by atoms with Gasteiger partial charge in [0.15, 0.2) is 11.5 Å². The van der Waals surface area contributed by atoms with Crippen LogP contribution >= 0.6 is 11.6 Å². The summed E-state index contributed by atoms with van der Waals surface area (Å²) >= 11 is 5.95. The first-order valence-electron chi connectivity index (χ1n) is 8.75. The van der Waals surface area contributed by atoms with Crippen LogP contribution in [0.5, 0.6) is 0 Å². The Labute approximate surface area is 184 Å². The zero-order chi connectivity index (χ0) is 24.9. The number of nitrogens with one attached hydrogen (secondary N) is 1. The first-order chi connectivity index (χ1) is 15.1. The fourth-order valence-corrected chi connectivity index (χ4v) is 3.20. The predicted molar refractivity (Wildman–Crippen MR) is 99.1 cm³/mol. The number of nitrogens with zero attached hydrogens (tertiary/aromatic N) is 4. The van der Waals surface area contributed by atoms with E-state index >= 15 is 0 Å². The maximum absolute atomic E-state index is 13.8. The molecule has 0 bridgehead atoms. The van der Waals surface area contributed by atoms with Gasteiger partial charge < -0.3 is 5.32 Å². The Hall–Kier alpha value is -3.16. The number of hydrogen-bond donors (Lipinski definition) is 1. The molecule has 1 N–H and O–H groups in total. The summed E-state index contributed by atoms with van der Waals surface area (Å²) < 4.78 is 108. The lowest BCUT2D eigenvalue weighted by atomic mass is 10.1. The van der Waals surface area contributed by atoms with Gasteiger partial charge >= 0.3 is 18.3 Å². The predicted octanol–water partition coefficient (Wildman–Crippen LogP) is 4.96. The second-order valence-corrected chi connectivity index (χ2v) is 7.10. The van der Waals surface area contributed by atoms with Gasteiger partial charge in [0.2, 0.25) is 0 Å². The van der Waals surface area contributed by atoms with E-state index in [1.54, 1.807) is 0 Å². The molecule has 6 nitrogen and oxygen atoms in total. The molecular weight excluding hydrogens is 490 g/mol. The summed E-state index contributed by atoms with van der Waals surface area (Å²) in [6, 6.07) is 4.05. The third-order valence-electron chi connectivity index (χ3n) is 4.52. The van der Waals surface area contributed by atoms with E-state index in [0.29, 0.717) is 4.68 Å². The highest BCUT2D eigenvalue weighted by atomic mass is 35.5. The number of carbonyl (C=O) groups excluding carboxylic acids is 1. The highest BCUT2D eigenvalue weighted by Crippen LogP contribution is 2.49. The Morgan fingerprint density at radius 1 is 1.06 bits per heavy atom. The van der Waals surface area contributed by atoms with Crippen molar-refractivity contribution in [3.63, 3.8) is 0 Å². The molecule has 0 aliphatic heterocycles. The van der Waals surface area contributed by atoms with E-state index < -0.39 is 41.3 Å². The van der Waals surface area contributed by atoms with Crippen LogP contribution in [0.1, 0.15) is 21.6 Å². The van der Waals surface area contributed by atoms with E-state index in [2.05, 4.69) is 15.5 Å². The zero-order valence-electron chi connectivity index (χ0n) is 16.5. The molecule has 0 aliphatic rings. The first kappa shape index (κ1) is 24.5. The van der Waals surface area contributed by atoms with E-state index in [1.807, 2.05) is 0 Å². The molecule has 2 aromatic heterocycles. The lowest BCUT2D eigenvalue weighted by Gasteiger charge is -2.19. The maximum atomic E-state index is 13.8. The molecule has 0 unspecified atom stereocenters. The number of amides is 1. The molecule has 0 radical (unpaired) electrons. The molecule has 15 heteroatoms. The summed E-state index contributed by atoms with van der Waals surface area (Å²) in [5.41, 5.74) is -4.36. The van der Waals surface area contributed by atoms with Crippen molar-refractivity contribution >= 4 is 17.5 Å². The topological polar surface area (TPSA) is 64.7 Å². The normalized spacial score (nSPS) is 12.8. The summed E-state index contributed by atoms with van der Waals surface area (Å²) in [5.74, 6) is -7.59. The van der Waals surface area contributed by atoms with Crippen LogP contribution in [-0.2, 0) is 19.1 Å². The minimum atomic E-state index is -6.31. The minimum absolute atomic E-state index is 0.0352. The van der Waals surface area contributed by atoms with Gasteiger partial charge in [-0.15, -0.1) is 0 Å². The van der Waals surface area contributed by atoms with Gasteiger partial charge in [0.25, 0.3) is 5.91 Å². The highest BCUT2D eigenvalue weighted by Gasteiger charge is 2.64. The zero-order valence-corrected chi connectivity index (χ0v) is 17.2. The lowest BCUT2D eigenvalue weighted by molar-refractivity contribution is -0.292. The number of alkyl halides is 8. The summed E-state index contributed by atoms with van der Waals surface area (Å²) in [6.45, 7) is 0. The highest BCUT2D eigenvalue weighted by molar-refractivity contribution is 6.34. The number of benzene rings is 1. The number of halogens is 9. The Kier molecular flexibility index (Phi) is 5.94.